The van der Waals surface area contributed by atoms with Crippen LogP contribution in [0.2, 0.25) is 0 Å². The maximum absolute atomic E-state index is 13.1. The van der Waals surface area contributed by atoms with Gasteiger partial charge in [-0.25, -0.2) is 9.13 Å². The number of phosphoric ester groups is 2. The zero-order valence-corrected chi connectivity index (χ0v) is 69.6. The molecule has 612 valence electrons. The predicted molar refractivity (Wildman–Crippen MR) is 423 cm³/mol. The number of esters is 4. The van der Waals surface area contributed by atoms with Crippen molar-refractivity contribution in [3.63, 3.8) is 0 Å². The van der Waals surface area contributed by atoms with Crippen LogP contribution < -0.4 is 0 Å². The lowest BCUT2D eigenvalue weighted by Gasteiger charge is -2.21. The monoisotopic (exact) mass is 1510 g/mol. The normalized spacial score (nSPS) is 13.9. The van der Waals surface area contributed by atoms with Gasteiger partial charge >= 0.3 is 39.5 Å². The molecule has 0 aliphatic carbocycles. The molecule has 0 heterocycles. The molecule has 0 aromatic rings. The maximum Gasteiger partial charge on any atom is 0.472 e. The summed E-state index contributed by atoms with van der Waals surface area (Å²) in [6.45, 7) is 11.9. The van der Waals surface area contributed by atoms with Crippen molar-refractivity contribution in [1.29, 1.82) is 0 Å². The summed E-state index contributed by atoms with van der Waals surface area (Å²) in [4.78, 5) is 73.1. The van der Waals surface area contributed by atoms with E-state index in [1.807, 2.05) is 0 Å². The van der Waals surface area contributed by atoms with Crippen LogP contribution in [0.25, 0.3) is 0 Å². The van der Waals surface area contributed by atoms with E-state index in [2.05, 4.69) is 48.5 Å². The van der Waals surface area contributed by atoms with Gasteiger partial charge in [-0.1, -0.05) is 389 Å². The number of aliphatic hydroxyl groups is 1. The fraction of sp³-hybridized carbons (Fsp3) is 0.952. The molecule has 0 aliphatic rings. The Hall–Kier alpha value is -1.94. The molecule has 0 rings (SSSR count). The highest BCUT2D eigenvalue weighted by molar-refractivity contribution is 7.47. The first-order chi connectivity index (χ1) is 49.7. The number of hydrogen-bond acceptors (Lipinski definition) is 15. The van der Waals surface area contributed by atoms with Crippen molar-refractivity contribution in [3.8, 4) is 0 Å². The molecule has 19 heteroatoms. The van der Waals surface area contributed by atoms with E-state index >= 15 is 0 Å². The minimum atomic E-state index is -4.96. The lowest BCUT2D eigenvalue weighted by molar-refractivity contribution is -0.161. The van der Waals surface area contributed by atoms with Crippen LogP contribution in [0.4, 0.5) is 0 Å². The first-order valence-corrected chi connectivity index (χ1v) is 46.3. The van der Waals surface area contributed by atoms with E-state index in [-0.39, 0.29) is 25.7 Å². The average Bonchev–Trinajstić information content (AvgIpc) is 0.913. The van der Waals surface area contributed by atoms with Gasteiger partial charge in [0.1, 0.15) is 19.3 Å². The van der Waals surface area contributed by atoms with Gasteiger partial charge in [0.2, 0.25) is 0 Å². The van der Waals surface area contributed by atoms with E-state index in [0.717, 1.165) is 108 Å². The lowest BCUT2D eigenvalue weighted by Crippen LogP contribution is -2.30. The van der Waals surface area contributed by atoms with Gasteiger partial charge in [0, 0.05) is 25.7 Å². The SMILES string of the molecule is CCCCCCCCCCCCCCCCCCCCCCCCC(=O)O[C@H](COC(=O)CCCCCCCCCCCCCCCCC(C)C)COP(=O)(O)OC[C@@H](O)COP(=O)(O)OC[C@@H](COC(=O)CCCCCCCCC(C)C)OC(=O)CCCCCCCCCCCCCCC(C)C. The van der Waals surface area contributed by atoms with Crippen LogP contribution in [0.3, 0.4) is 0 Å². The van der Waals surface area contributed by atoms with E-state index in [1.165, 1.54) is 244 Å². The van der Waals surface area contributed by atoms with Crippen molar-refractivity contribution in [1.82, 2.24) is 0 Å². The fourth-order valence-corrected chi connectivity index (χ4v) is 14.6. The third-order valence-corrected chi connectivity index (χ3v) is 21.5. The van der Waals surface area contributed by atoms with Crippen molar-refractivity contribution in [2.75, 3.05) is 39.6 Å². The summed E-state index contributed by atoms with van der Waals surface area (Å²) in [7, 11) is -9.92. The molecule has 0 radical (unpaired) electrons. The fourth-order valence-electron chi connectivity index (χ4n) is 13.0. The standard InChI is InChI=1S/C84H164O17P2/c1-8-9-10-11-12-13-14-15-16-17-18-19-20-21-22-23-28-34-39-44-53-60-67-83(88)100-79(71-94-81(86)65-58-51-43-38-33-27-25-24-26-31-36-41-48-55-62-75(2)3)73-98-102(90,91)96-69-78(85)70-97-103(92,93)99-74-80(72-95-82(87)66-59-52-47-46-50-57-64-77(6)7)101-84(89)68-61-54-45-40-35-30-29-32-37-42-49-56-63-76(4)5/h75-80,85H,8-74H2,1-7H3,(H,90,91)(H,92,93)/t78-,79-,80-/m1/s1. The summed E-state index contributed by atoms with van der Waals surface area (Å²) in [5.41, 5.74) is 0. The van der Waals surface area contributed by atoms with Gasteiger partial charge in [0.15, 0.2) is 12.2 Å². The van der Waals surface area contributed by atoms with Gasteiger partial charge in [0.05, 0.1) is 26.4 Å². The lowest BCUT2D eigenvalue weighted by atomic mass is 10.0. The van der Waals surface area contributed by atoms with Crippen LogP contribution in [-0.2, 0) is 65.4 Å². The second-order valence-electron chi connectivity index (χ2n) is 31.6. The largest absolute Gasteiger partial charge is 0.472 e. The van der Waals surface area contributed by atoms with Crippen LogP contribution in [0, 0.1) is 17.8 Å². The van der Waals surface area contributed by atoms with Crippen molar-refractivity contribution in [3.05, 3.63) is 0 Å². The third-order valence-electron chi connectivity index (χ3n) is 19.6. The summed E-state index contributed by atoms with van der Waals surface area (Å²) >= 11 is 0. The maximum atomic E-state index is 13.1. The van der Waals surface area contributed by atoms with Gasteiger partial charge in [-0.3, -0.25) is 37.3 Å². The Morgan fingerprint density at radius 1 is 0.262 bits per heavy atom. The Bertz CT molecular complexity index is 1990. The molecule has 0 bridgehead atoms. The van der Waals surface area contributed by atoms with E-state index in [0.29, 0.717) is 31.6 Å². The Balaban J connectivity index is 5.20. The molecule has 3 N–H and O–H groups in total. The molecule has 0 spiro atoms. The summed E-state index contributed by atoms with van der Waals surface area (Å²) in [5, 5.41) is 10.7. The molecule has 2 unspecified atom stereocenters. The summed E-state index contributed by atoms with van der Waals surface area (Å²) < 4.78 is 68.8. The Morgan fingerprint density at radius 2 is 0.447 bits per heavy atom. The highest BCUT2D eigenvalue weighted by atomic mass is 31.2. The zero-order valence-electron chi connectivity index (χ0n) is 67.8. The van der Waals surface area contributed by atoms with E-state index in [9.17, 15) is 43.2 Å². The molecule has 0 aromatic heterocycles. The number of unbranched alkanes of at least 4 members (excludes halogenated alkanes) is 50. The summed E-state index contributed by atoms with van der Waals surface area (Å²) in [5.74, 6) is 0.144. The van der Waals surface area contributed by atoms with Gasteiger partial charge < -0.3 is 33.8 Å². The number of rotatable bonds is 82. The molecule has 0 amide bonds. The highest BCUT2D eigenvalue weighted by Gasteiger charge is 2.30. The van der Waals surface area contributed by atoms with Crippen LogP contribution in [-0.4, -0.2) is 96.7 Å². The summed E-state index contributed by atoms with van der Waals surface area (Å²) in [6, 6.07) is 0. The molecular weight excluding hydrogens is 1340 g/mol. The smallest absolute Gasteiger partial charge is 0.462 e. The predicted octanol–water partition coefficient (Wildman–Crippen LogP) is 25.3. The van der Waals surface area contributed by atoms with Gasteiger partial charge in [-0.2, -0.15) is 0 Å². The first kappa shape index (κ1) is 101. The van der Waals surface area contributed by atoms with Crippen LogP contribution in [0.15, 0.2) is 0 Å². The number of aliphatic hydroxyl groups excluding tert-OH is 1. The molecule has 5 atom stereocenters. The molecule has 0 saturated carbocycles. The highest BCUT2D eigenvalue weighted by Crippen LogP contribution is 2.45. The minimum Gasteiger partial charge on any atom is -0.462 e. The second kappa shape index (κ2) is 74.2. The number of carbonyl (C=O) groups excluding carboxylic acids is 4. The quantitative estimate of drug-likeness (QED) is 0.0222. The molecule has 0 saturated heterocycles. The van der Waals surface area contributed by atoms with Gasteiger partial charge in [0.25, 0.3) is 0 Å². The average molecular weight is 1510 g/mol. The molecule has 0 aromatic carbocycles. The second-order valence-corrected chi connectivity index (χ2v) is 34.6. The molecule has 0 aliphatic heterocycles. The Labute approximate surface area is 632 Å². The van der Waals surface area contributed by atoms with E-state index < -0.39 is 97.5 Å². The topological polar surface area (TPSA) is 237 Å². The van der Waals surface area contributed by atoms with Crippen molar-refractivity contribution >= 4 is 39.5 Å². The summed E-state index contributed by atoms with van der Waals surface area (Å²) in [6.07, 6.45) is 64.2. The van der Waals surface area contributed by atoms with Gasteiger partial charge in [-0.15, -0.1) is 0 Å². The minimum absolute atomic E-state index is 0.106. The van der Waals surface area contributed by atoms with E-state index in [1.54, 1.807) is 0 Å². The van der Waals surface area contributed by atoms with E-state index in [4.69, 9.17) is 37.0 Å². The number of ether oxygens (including phenoxy) is 4. The molecule has 103 heavy (non-hydrogen) atoms. The Morgan fingerprint density at radius 3 is 0.660 bits per heavy atom. The van der Waals surface area contributed by atoms with Crippen LogP contribution in [0.5, 0.6) is 0 Å². The van der Waals surface area contributed by atoms with Crippen molar-refractivity contribution in [2.24, 2.45) is 17.8 Å². The molecule has 17 nitrogen and oxygen atoms in total. The van der Waals surface area contributed by atoms with Gasteiger partial charge in [-0.05, 0) is 43.4 Å². The van der Waals surface area contributed by atoms with Crippen LogP contribution >= 0.6 is 15.6 Å². The molecule has 0 fully saturated rings. The third kappa shape index (κ3) is 78.0. The number of phosphoric acid groups is 2. The zero-order chi connectivity index (χ0) is 75.8. The van der Waals surface area contributed by atoms with Crippen molar-refractivity contribution in [2.45, 2.75) is 458 Å². The number of hydrogen-bond donors (Lipinski definition) is 3. The van der Waals surface area contributed by atoms with Crippen LogP contribution in [0.1, 0.15) is 440 Å². The first-order valence-electron chi connectivity index (χ1n) is 43.3. The molecular formula is C84H164O17P2. The van der Waals surface area contributed by atoms with Crippen molar-refractivity contribution < 1.29 is 80.2 Å². The number of carbonyl (C=O) groups is 4. The Kier molecular flexibility index (Phi) is 72.8.